The predicted molar refractivity (Wildman–Crippen MR) is 145 cm³/mol. The van der Waals surface area contributed by atoms with Crippen LogP contribution >= 0.6 is 12.4 Å². The van der Waals surface area contributed by atoms with Crippen molar-refractivity contribution in [2.24, 2.45) is 11.8 Å². The van der Waals surface area contributed by atoms with E-state index in [-0.39, 0.29) is 18.3 Å². The van der Waals surface area contributed by atoms with Gasteiger partial charge >= 0.3 is 0 Å². The van der Waals surface area contributed by atoms with Crippen LogP contribution in [-0.4, -0.2) is 63.2 Å². The largest absolute Gasteiger partial charge is 0.342 e. The van der Waals surface area contributed by atoms with Gasteiger partial charge in [0.05, 0.1) is 6.42 Å². The van der Waals surface area contributed by atoms with Gasteiger partial charge in [-0.3, -0.25) is 4.79 Å². The number of benzene rings is 2. The van der Waals surface area contributed by atoms with E-state index in [1.54, 1.807) is 0 Å². The van der Waals surface area contributed by atoms with Crippen molar-refractivity contribution in [3.8, 4) is 0 Å². The quantitative estimate of drug-likeness (QED) is 0.420. The predicted octanol–water partition coefficient (Wildman–Crippen LogP) is 4.00. The second kappa shape index (κ2) is 14.7. The maximum Gasteiger partial charge on any atom is 0.227 e. The molecule has 0 unspecified atom stereocenters. The Kier molecular flexibility index (Phi) is 11.6. The average molecular weight is 487 g/mol. The van der Waals surface area contributed by atoms with E-state index in [9.17, 15) is 4.79 Å². The smallest absolute Gasteiger partial charge is 0.227 e. The molecule has 2 saturated heterocycles. The highest BCUT2D eigenvalue weighted by Crippen LogP contribution is 2.21. The maximum absolute atomic E-state index is 12.9. The molecular formula is C28H43ClN4O. The van der Waals surface area contributed by atoms with Crippen LogP contribution in [0.25, 0.3) is 10.8 Å². The van der Waals surface area contributed by atoms with Gasteiger partial charge in [-0.15, -0.1) is 12.4 Å². The van der Waals surface area contributed by atoms with E-state index in [2.05, 4.69) is 63.3 Å². The maximum atomic E-state index is 12.9. The van der Waals surface area contributed by atoms with Gasteiger partial charge in [0.15, 0.2) is 0 Å². The number of hydrogen-bond acceptors (Lipinski definition) is 4. The molecule has 188 valence electrons. The third-order valence-corrected chi connectivity index (χ3v) is 7.47. The second-order valence-electron chi connectivity index (χ2n) is 9.95. The van der Waals surface area contributed by atoms with E-state index >= 15 is 0 Å². The third kappa shape index (κ3) is 8.23. The summed E-state index contributed by atoms with van der Waals surface area (Å²) in [5.41, 5.74) is 1.15. The molecule has 2 aromatic carbocycles. The van der Waals surface area contributed by atoms with Crippen LogP contribution in [0.3, 0.4) is 0 Å². The summed E-state index contributed by atoms with van der Waals surface area (Å²) in [5.74, 6) is 1.84. The molecule has 2 aliphatic heterocycles. The van der Waals surface area contributed by atoms with Gasteiger partial charge < -0.3 is 20.9 Å². The molecule has 2 aromatic rings. The summed E-state index contributed by atoms with van der Waals surface area (Å²) in [6, 6.07) is 14.6. The van der Waals surface area contributed by atoms with Crippen LogP contribution in [0.15, 0.2) is 42.5 Å². The monoisotopic (exact) mass is 486 g/mol. The van der Waals surface area contributed by atoms with Gasteiger partial charge in [-0.05, 0) is 106 Å². The zero-order valence-corrected chi connectivity index (χ0v) is 21.4. The van der Waals surface area contributed by atoms with Crippen LogP contribution in [0.4, 0.5) is 0 Å². The number of rotatable bonds is 11. The number of fused-ring (bicyclic) bond motifs is 1. The molecule has 3 N–H and O–H groups in total. The molecule has 0 bridgehead atoms. The zero-order chi connectivity index (χ0) is 22.7. The topological polar surface area (TPSA) is 56.4 Å². The highest BCUT2D eigenvalue weighted by Gasteiger charge is 2.23. The summed E-state index contributed by atoms with van der Waals surface area (Å²) in [7, 11) is 0. The minimum absolute atomic E-state index is 0. The first-order chi connectivity index (χ1) is 16.3. The van der Waals surface area contributed by atoms with Gasteiger partial charge in [-0.25, -0.2) is 0 Å². The fraction of sp³-hybridized carbons (Fsp3) is 0.607. The molecule has 2 fully saturated rings. The lowest BCUT2D eigenvalue weighted by molar-refractivity contribution is -0.131. The van der Waals surface area contributed by atoms with Crippen LogP contribution in [-0.2, 0) is 11.2 Å². The van der Waals surface area contributed by atoms with E-state index in [1.807, 2.05) is 0 Å². The SMILES string of the molecule is Cl.O=C(Cc1cccc2ccccc12)N1CCC(CNCCCCNCC2CCNCC2)CC1. The summed E-state index contributed by atoms with van der Waals surface area (Å²) in [4.78, 5) is 15.0. The second-order valence-corrected chi connectivity index (χ2v) is 9.95. The molecule has 4 rings (SSSR count). The van der Waals surface area contributed by atoms with Crippen molar-refractivity contribution in [1.82, 2.24) is 20.9 Å². The molecule has 2 heterocycles. The van der Waals surface area contributed by atoms with E-state index in [0.29, 0.717) is 12.3 Å². The molecule has 0 saturated carbocycles. The minimum Gasteiger partial charge on any atom is -0.342 e. The molecule has 0 radical (unpaired) electrons. The average Bonchev–Trinajstić information content (AvgIpc) is 2.87. The number of piperidine rings is 2. The van der Waals surface area contributed by atoms with Crippen LogP contribution in [0.1, 0.15) is 44.1 Å². The fourth-order valence-corrected chi connectivity index (χ4v) is 5.31. The lowest BCUT2D eigenvalue weighted by Gasteiger charge is -2.32. The van der Waals surface area contributed by atoms with Crippen molar-refractivity contribution in [2.45, 2.75) is 44.9 Å². The summed E-state index contributed by atoms with van der Waals surface area (Å²) in [6.07, 6.45) is 7.87. The number of unbranched alkanes of at least 4 members (excludes halogenated alkanes) is 1. The number of halogens is 1. The molecular weight excluding hydrogens is 444 g/mol. The van der Waals surface area contributed by atoms with Crippen LogP contribution in [0, 0.1) is 11.8 Å². The number of amides is 1. The first-order valence-electron chi connectivity index (χ1n) is 13.2. The Morgan fingerprint density at radius 3 is 2.18 bits per heavy atom. The summed E-state index contributed by atoms with van der Waals surface area (Å²) < 4.78 is 0. The zero-order valence-electron chi connectivity index (χ0n) is 20.6. The number of hydrogen-bond donors (Lipinski definition) is 3. The van der Waals surface area contributed by atoms with Crippen molar-refractivity contribution >= 4 is 29.1 Å². The van der Waals surface area contributed by atoms with Gasteiger partial charge in [0.2, 0.25) is 5.91 Å². The van der Waals surface area contributed by atoms with Crippen molar-refractivity contribution < 1.29 is 4.79 Å². The Morgan fingerprint density at radius 2 is 1.47 bits per heavy atom. The van der Waals surface area contributed by atoms with Crippen molar-refractivity contribution in [3.63, 3.8) is 0 Å². The number of likely N-dealkylation sites (tertiary alicyclic amines) is 1. The van der Waals surface area contributed by atoms with E-state index in [0.717, 1.165) is 57.0 Å². The molecule has 0 aromatic heterocycles. The summed E-state index contributed by atoms with van der Waals surface area (Å²) >= 11 is 0. The number of carbonyl (C=O) groups is 1. The first-order valence-corrected chi connectivity index (χ1v) is 13.2. The van der Waals surface area contributed by atoms with Gasteiger partial charge in [-0.2, -0.15) is 0 Å². The number of carbonyl (C=O) groups excluding carboxylic acids is 1. The molecule has 1 amide bonds. The van der Waals surface area contributed by atoms with Crippen LogP contribution in [0.5, 0.6) is 0 Å². The minimum atomic E-state index is 0. The lowest BCUT2D eigenvalue weighted by atomic mass is 9.95. The van der Waals surface area contributed by atoms with Gasteiger partial charge in [0.1, 0.15) is 0 Å². The Hall–Kier alpha value is -1.66. The molecule has 5 nitrogen and oxygen atoms in total. The highest BCUT2D eigenvalue weighted by molar-refractivity contribution is 5.90. The fourth-order valence-electron chi connectivity index (χ4n) is 5.31. The molecule has 0 spiro atoms. The standard InChI is InChI=1S/C28H42N4O.ClH/c33-28(20-26-8-5-7-25-6-1-2-9-27(25)26)32-18-12-24(13-19-32)22-31-15-4-3-14-30-21-23-10-16-29-17-11-23;/h1-2,5-9,23-24,29-31H,3-4,10-22H2;1H. The molecule has 0 aliphatic carbocycles. The van der Waals surface area contributed by atoms with Crippen LogP contribution < -0.4 is 16.0 Å². The molecule has 34 heavy (non-hydrogen) atoms. The Balaban J connectivity index is 0.00000324. The Labute approximate surface area is 211 Å². The number of nitrogens with zero attached hydrogens (tertiary/aromatic N) is 1. The van der Waals surface area contributed by atoms with Crippen molar-refractivity contribution in [2.75, 3.05) is 52.4 Å². The molecule has 0 atom stereocenters. The van der Waals surface area contributed by atoms with Gasteiger partial charge in [0, 0.05) is 13.1 Å². The van der Waals surface area contributed by atoms with Crippen molar-refractivity contribution in [1.29, 1.82) is 0 Å². The molecule has 6 heteroatoms. The van der Waals surface area contributed by atoms with Crippen LogP contribution in [0.2, 0.25) is 0 Å². The Bertz CT molecular complexity index is 857. The normalized spacial score (nSPS) is 17.6. The van der Waals surface area contributed by atoms with E-state index in [4.69, 9.17) is 0 Å². The van der Waals surface area contributed by atoms with E-state index < -0.39 is 0 Å². The Morgan fingerprint density at radius 1 is 0.853 bits per heavy atom. The van der Waals surface area contributed by atoms with Gasteiger partial charge in [-0.1, -0.05) is 42.5 Å². The molecule has 2 aliphatic rings. The lowest BCUT2D eigenvalue weighted by Crippen LogP contribution is -2.41. The highest BCUT2D eigenvalue weighted by atomic mass is 35.5. The third-order valence-electron chi connectivity index (χ3n) is 7.47. The first kappa shape index (κ1) is 26.9. The van der Waals surface area contributed by atoms with Gasteiger partial charge in [0.25, 0.3) is 0 Å². The van der Waals surface area contributed by atoms with E-state index in [1.165, 1.54) is 56.1 Å². The number of nitrogens with one attached hydrogen (secondary N) is 3. The summed E-state index contributed by atoms with van der Waals surface area (Å²) in [5, 5.41) is 13.2. The summed E-state index contributed by atoms with van der Waals surface area (Å²) in [6.45, 7) is 8.70. The van der Waals surface area contributed by atoms with Crippen molar-refractivity contribution in [3.05, 3.63) is 48.0 Å².